The molecule has 1 heterocycles. The van der Waals surface area contributed by atoms with Crippen LogP contribution >= 0.6 is 0 Å². The normalized spacial score (nSPS) is 25.9. The summed E-state index contributed by atoms with van der Waals surface area (Å²) in [5.74, 6) is 0.288. The van der Waals surface area contributed by atoms with Crippen molar-refractivity contribution < 1.29 is 4.79 Å². The van der Waals surface area contributed by atoms with Crippen molar-refractivity contribution in [1.82, 2.24) is 4.90 Å². The molecular formula is C11H21NO. The molecule has 0 aliphatic carbocycles. The van der Waals surface area contributed by atoms with Gasteiger partial charge in [-0.1, -0.05) is 20.8 Å². The van der Waals surface area contributed by atoms with Crippen molar-refractivity contribution >= 4 is 6.29 Å². The van der Waals surface area contributed by atoms with Gasteiger partial charge in [0.1, 0.15) is 6.29 Å². The van der Waals surface area contributed by atoms with Crippen LogP contribution in [0.15, 0.2) is 0 Å². The monoisotopic (exact) mass is 183 g/mol. The van der Waals surface area contributed by atoms with Gasteiger partial charge in [0.2, 0.25) is 0 Å². The highest BCUT2D eigenvalue weighted by Crippen LogP contribution is 2.20. The highest BCUT2D eigenvalue weighted by molar-refractivity contribution is 5.53. The molecule has 0 aromatic heterocycles. The molecule has 1 atom stereocenters. The predicted octanol–water partition coefficient (Wildman–Crippen LogP) is 1.94. The standard InChI is InChI=1S/C11H21NO/c1-11(2,3)9-12-6-4-5-10(7-12)8-13/h8,10H,4-7,9H2,1-3H3. The van der Waals surface area contributed by atoms with Gasteiger partial charge < -0.3 is 9.69 Å². The fraction of sp³-hybridized carbons (Fsp3) is 0.909. The molecular weight excluding hydrogens is 162 g/mol. The van der Waals surface area contributed by atoms with Crippen LogP contribution in [0.5, 0.6) is 0 Å². The number of carbonyl (C=O) groups excluding carboxylic acids is 1. The number of nitrogens with zero attached hydrogens (tertiary/aromatic N) is 1. The van der Waals surface area contributed by atoms with Crippen LogP contribution in [0.2, 0.25) is 0 Å². The van der Waals surface area contributed by atoms with E-state index in [0.29, 0.717) is 5.41 Å². The van der Waals surface area contributed by atoms with Gasteiger partial charge in [0.25, 0.3) is 0 Å². The van der Waals surface area contributed by atoms with Crippen molar-refractivity contribution in [2.24, 2.45) is 11.3 Å². The van der Waals surface area contributed by atoms with Gasteiger partial charge in [-0.2, -0.15) is 0 Å². The molecule has 2 heteroatoms. The SMILES string of the molecule is CC(C)(C)CN1CCCC(C=O)C1. The Bertz CT molecular complexity index is 171. The van der Waals surface area contributed by atoms with E-state index < -0.39 is 0 Å². The molecule has 1 aliphatic heterocycles. The topological polar surface area (TPSA) is 20.3 Å². The molecule has 0 bridgehead atoms. The third kappa shape index (κ3) is 3.90. The molecule has 0 radical (unpaired) electrons. The third-order valence-electron chi connectivity index (χ3n) is 2.43. The first-order valence-corrected chi connectivity index (χ1v) is 5.19. The van der Waals surface area contributed by atoms with E-state index in [9.17, 15) is 4.79 Å². The van der Waals surface area contributed by atoms with Gasteiger partial charge in [0.05, 0.1) is 0 Å². The summed E-state index contributed by atoms with van der Waals surface area (Å²) in [5, 5.41) is 0. The number of carbonyl (C=O) groups is 1. The fourth-order valence-electron chi connectivity index (χ4n) is 2.02. The number of hydrogen-bond acceptors (Lipinski definition) is 2. The van der Waals surface area contributed by atoms with Gasteiger partial charge in [-0.25, -0.2) is 0 Å². The molecule has 0 aromatic rings. The van der Waals surface area contributed by atoms with Crippen molar-refractivity contribution in [2.75, 3.05) is 19.6 Å². The molecule has 0 aromatic carbocycles. The molecule has 13 heavy (non-hydrogen) atoms. The zero-order chi connectivity index (χ0) is 9.90. The summed E-state index contributed by atoms with van der Waals surface area (Å²) in [6, 6.07) is 0. The van der Waals surface area contributed by atoms with E-state index in [-0.39, 0.29) is 5.92 Å². The van der Waals surface area contributed by atoms with Gasteiger partial charge in [-0.15, -0.1) is 0 Å². The molecule has 1 saturated heterocycles. The van der Waals surface area contributed by atoms with E-state index in [0.717, 1.165) is 25.8 Å². The number of likely N-dealkylation sites (tertiary alicyclic amines) is 1. The molecule has 1 fully saturated rings. The minimum absolute atomic E-state index is 0.288. The largest absolute Gasteiger partial charge is 0.303 e. The van der Waals surface area contributed by atoms with Crippen LogP contribution in [0.3, 0.4) is 0 Å². The molecule has 0 N–H and O–H groups in total. The van der Waals surface area contributed by atoms with Gasteiger partial charge in [-0.3, -0.25) is 0 Å². The first-order valence-electron chi connectivity index (χ1n) is 5.19. The average Bonchev–Trinajstić information content (AvgIpc) is 2.01. The lowest BCUT2D eigenvalue weighted by Crippen LogP contribution is -2.40. The summed E-state index contributed by atoms with van der Waals surface area (Å²) in [6.07, 6.45) is 3.39. The van der Waals surface area contributed by atoms with E-state index in [1.807, 2.05) is 0 Å². The molecule has 0 amide bonds. The number of rotatable bonds is 2. The number of aldehydes is 1. The second-order valence-electron chi connectivity index (χ2n) is 5.33. The molecule has 0 spiro atoms. The second-order valence-corrected chi connectivity index (χ2v) is 5.33. The van der Waals surface area contributed by atoms with Crippen LogP contribution in [0, 0.1) is 11.3 Å². The van der Waals surface area contributed by atoms with E-state index in [4.69, 9.17) is 0 Å². The van der Waals surface area contributed by atoms with E-state index >= 15 is 0 Å². The van der Waals surface area contributed by atoms with Crippen LogP contribution < -0.4 is 0 Å². The number of hydrogen-bond donors (Lipinski definition) is 0. The first kappa shape index (κ1) is 10.7. The van der Waals surface area contributed by atoms with E-state index in [1.165, 1.54) is 13.0 Å². The minimum Gasteiger partial charge on any atom is -0.303 e. The van der Waals surface area contributed by atoms with Crippen molar-refractivity contribution in [2.45, 2.75) is 33.6 Å². The van der Waals surface area contributed by atoms with Gasteiger partial charge in [0.15, 0.2) is 0 Å². The Morgan fingerprint density at radius 2 is 2.15 bits per heavy atom. The van der Waals surface area contributed by atoms with Crippen LogP contribution in [0.25, 0.3) is 0 Å². The average molecular weight is 183 g/mol. The molecule has 76 valence electrons. The fourth-order valence-corrected chi connectivity index (χ4v) is 2.02. The number of piperidine rings is 1. The molecule has 1 unspecified atom stereocenters. The Morgan fingerprint density at radius 1 is 1.46 bits per heavy atom. The summed E-state index contributed by atoms with van der Waals surface area (Å²) in [4.78, 5) is 13.1. The minimum atomic E-state index is 0.288. The van der Waals surface area contributed by atoms with Crippen molar-refractivity contribution in [3.05, 3.63) is 0 Å². The van der Waals surface area contributed by atoms with Crippen molar-refractivity contribution in [1.29, 1.82) is 0 Å². The lowest BCUT2D eigenvalue weighted by molar-refractivity contribution is -0.112. The van der Waals surface area contributed by atoms with Crippen LogP contribution in [0.4, 0.5) is 0 Å². The van der Waals surface area contributed by atoms with Crippen molar-refractivity contribution in [3.63, 3.8) is 0 Å². The Balaban J connectivity index is 2.38. The van der Waals surface area contributed by atoms with Crippen LogP contribution in [-0.2, 0) is 4.79 Å². The lowest BCUT2D eigenvalue weighted by atomic mass is 9.93. The lowest BCUT2D eigenvalue weighted by Gasteiger charge is -2.34. The van der Waals surface area contributed by atoms with Gasteiger partial charge in [0, 0.05) is 19.0 Å². The second kappa shape index (κ2) is 4.23. The van der Waals surface area contributed by atoms with Crippen molar-refractivity contribution in [3.8, 4) is 0 Å². The summed E-state index contributed by atoms with van der Waals surface area (Å²) in [7, 11) is 0. The van der Waals surface area contributed by atoms with E-state index in [1.54, 1.807) is 0 Å². The zero-order valence-electron chi connectivity index (χ0n) is 9.05. The molecule has 2 nitrogen and oxygen atoms in total. The Morgan fingerprint density at radius 3 is 2.69 bits per heavy atom. The maximum atomic E-state index is 10.6. The van der Waals surface area contributed by atoms with Gasteiger partial charge in [-0.05, 0) is 24.8 Å². The van der Waals surface area contributed by atoms with Crippen LogP contribution in [-0.4, -0.2) is 30.8 Å². The van der Waals surface area contributed by atoms with Gasteiger partial charge >= 0.3 is 0 Å². The van der Waals surface area contributed by atoms with E-state index in [2.05, 4.69) is 25.7 Å². The quantitative estimate of drug-likeness (QED) is 0.610. The summed E-state index contributed by atoms with van der Waals surface area (Å²) >= 11 is 0. The third-order valence-corrected chi connectivity index (χ3v) is 2.43. The molecule has 1 rings (SSSR count). The zero-order valence-corrected chi connectivity index (χ0v) is 9.05. The Labute approximate surface area is 81.3 Å². The summed E-state index contributed by atoms with van der Waals surface area (Å²) in [6.45, 7) is 9.99. The van der Waals surface area contributed by atoms with Crippen LogP contribution in [0.1, 0.15) is 33.6 Å². The smallest absolute Gasteiger partial charge is 0.124 e. The maximum Gasteiger partial charge on any atom is 0.124 e. The summed E-state index contributed by atoms with van der Waals surface area (Å²) < 4.78 is 0. The molecule has 1 aliphatic rings. The Hall–Kier alpha value is -0.370. The predicted molar refractivity (Wildman–Crippen MR) is 54.7 cm³/mol. The highest BCUT2D eigenvalue weighted by atomic mass is 16.1. The Kier molecular flexibility index (Phi) is 3.48. The first-order chi connectivity index (χ1) is 6.01. The molecule has 0 saturated carbocycles. The maximum absolute atomic E-state index is 10.6. The highest BCUT2D eigenvalue weighted by Gasteiger charge is 2.22. The summed E-state index contributed by atoms with van der Waals surface area (Å²) in [5.41, 5.74) is 0.352.